The molecule has 1 atom stereocenters. The number of hydrogen-bond acceptors (Lipinski definition) is 2. The number of phosphoric ester groups is 1. The number of rotatable bonds is 11. The van der Waals surface area contributed by atoms with Crippen LogP contribution in [-0.4, -0.2) is 48.1 Å². The minimum Gasteiger partial charge on any atom is -0.329 e. The van der Waals surface area contributed by atoms with E-state index in [1.807, 2.05) is 21.1 Å². The molecule has 0 aromatic rings. The van der Waals surface area contributed by atoms with Gasteiger partial charge in [-0.25, -0.2) is 4.57 Å². The lowest BCUT2D eigenvalue weighted by molar-refractivity contribution is -0.873. The molecule has 0 aliphatic carbocycles. The lowest BCUT2D eigenvalue weighted by Gasteiger charge is -2.29. The number of hydrogen-bond donors (Lipinski definition) is 2. The number of nitrogens with zero attached hydrogens (tertiary/aromatic N) is 1. The van der Waals surface area contributed by atoms with Crippen molar-refractivity contribution in [2.24, 2.45) is 0 Å². The van der Waals surface area contributed by atoms with Crippen LogP contribution in [0.3, 0.4) is 0 Å². The molecule has 1 unspecified atom stereocenters. The topological polar surface area (TPSA) is 66.8 Å². The minimum atomic E-state index is -4.41. The predicted octanol–water partition coefficient (Wildman–Crippen LogP) is 2.53. The van der Waals surface area contributed by atoms with E-state index >= 15 is 0 Å². The van der Waals surface area contributed by atoms with Crippen LogP contribution in [0, 0.1) is 12.3 Å². The summed E-state index contributed by atoms with van der Waals surface area (Å²) >= 11 is 0. The smallest absolute Gasteiger partial charge is 0.329 e. The van der Waals surface area contributed by atoms with Gasteiger partial charge in [0.2, 0.25) is 0 Å². The molecule has 0 saturated heterocycles. The van der Waals surface area contributed by atoms with Crippen LogP contribution in [0.4, 0.5) is 0 Å². The van der Waals surface area contributed by atoms with Crippen LogP contribution in [0.2, 0.25) is 0 Å². The maximum absolute atomic E-state index is 11.0. The van der Waals surface area contributed by atoms with Crippen molar-refractivity contribution in [1.29, 1.82) is 0 Å². The van der Waals surface area contributed by atoms with Gasteiger partial charge in [-0.05, 0) is 12.8 Å². The van der Waals surface area contributed by atoms with Gasteiger partial charge in [0.25, 0.3) is 0 Å². The molecule has 6 heteroatoms. The van der Waals surface area contributed by atoms with Gasteiger partial charge in [-0.2, -0.15) is 0 Å². The van der Waals surface area contributed by atoms with E-state index in [-0.39, 0.29) is 0 Å². The van der Waals surface area contributed by atoms with Crippen molar-refractivity contribution in [1.82, 2.24) is 0 Å². The van der Waals surface area contributed by atoms with Crippen LogP contribution < -0.4 is 0 Å². The second-order valence-electron chi connectivity index (χ2n) is 6.20. The summed E-state index contributed by atoms with van der Waals surface area (Å²) in [6.07, 6.45) is 11.5. The first-order valence-corrected chi connectivity index (χ1v) is 8.65. The fourth-order valence-corrected chi connectivity index (χ4v) is 2.67. The van der Waals surface area contributed by atoms with E-state index < -0.39 is 13.9 Å². The van der Waals surface area contributed by atoms with E-state index in [4.69, 9.17) is 20.7 Å². The number of phosphoric acid groups is 1. The highest BCUT2D eigenvalue weighted by Crippen LogP contribution is 2.38. The van der Waals surface area contributed by atoms with E-state index in [0.29, 0.717) is 17.4 Å². The Labute approximate surface area is 123 Å². The zero-order chi connectivity index (χ0) is 15.6. The third-order valence-corrected chi connectivity index (χ3v) is 3.46. The zero-order valence-electron chi connectivity index (χ0n) is 12.9. The first kappa shape index (κ1) is 19.6. The highest BCUT2D eigenvalue weighted by molar-refractivity contribution is 7.46. The molecule has 0 aliphatic rings. The Balaban J connectivity index is 3.99. The van der Waals surface area contributed by atoms with Crippen LogP contribution in [0.5, 0.6) is 0 Å². The maximum Gasteiger partial charge on any atom is 0.470 e. The second-order valence-corrected chi connectivity index (χ2v) is 7.39. The summed E-state index contributed by atoms with van der Waals surface area (Å²) in [6, 6.07) is 0. The van der Waals surface area contributed by atoms with Crippen LogP contribution in [0.1, 0.15) is 44.9 Å². The fraction of sp³-hybridized carbons (Fsp3) is 0.857. The lowest BCUT2D eigenvalue weighted by Crippen LogP contribution is -2.42. The minimum absolute atomic E-state index is 0.401. The largest absolute Gasteiger partial charge is 0.470 e. The second kappa shape index (κ2) is 9.55. The van der Waals surface area contributed by atoms with E-state index in [0.717, 1.165) is 38.5 Å². The molecule has 0 rings (SSSR count). The Kier molecular flexibility index (Phi) is 9.37. The number of terminal acetylenes is 1. The van der Waals surface area contributed by atoms with Gasteiger partial charge in [0.05, 0.1) is 21.1 Å². The number of quaternary nitrogens is 1. The van der Waals surface area contributed by atoms with Gasteiger partial charge in [0, 0.05) is 6.42 Å². The molecule has 0 saturated carbocycles. The van der Waals surface area contributed by atoms with Gasteiger partial charge in [-0.1, -0.05) is 25.7 Å². The SMILES string of the molecule is C#CCCCCCCCC(C[N+](C)(C)C)OP(=O)(O)O. The molecule has 0 fully saturated rings. The van der Waals surface area contributed by atoms with Crippen LogP contribution >= 0.6 is 7.82 Å². The highest BCUT2D eigenvalue weighted by atomic mass is 31.2. The average Bonchev–Trinajstić information content (AvgIpc) is 2.23. The first-order chi connectivity index (χ1) is 9.14. The number of likely N-dealkylation sites (N-methyl/N-ethyl adjacent to an activating group) is 1. The molecular formula is C14H29NO4P+. The van der Waals surface area contributed by atoms with Crippen molar-refractivity contribution in [3.05, 3.63) is 0 Å². The van der Waals surface area contributed by atoms with Gasteiger partial charge >= 0.3 is 7.82 Å². The maximum atomic E-state index is 11.0. The van der Waals surface area contributed by atoms with E-state index in [2.05, 4.69) is 5.92 Å². The standard InChI is InChI=1S/C14H28NO4P/c1-5-6-7-8-9-10-11-12-14(13-15(2,3)4)19-20(16,17)18/h1,14H,6-13H2,2-4H3,(H-,16,17,18)/p+1. The molecule has 0 bridgehead atoms. The zero-order valence-corrected chi connectivity index (χ0v) is 13.8. The molecular weight excluding hydrogens is 277 g/mol. The molecule has 0 aliphatic heterocycles. The molecule has 0 aromatic carbocycles. The molecule has 0 radical (unpaired) electrons. The molecule has 2 N–H and O–H groups in total. The quantitative estimate of drug-likeness (QED) is 0.266. The summed E-state index contributed by atoms with van der Waals surface area (Å²) in [5.74, 6) is 2.62. The van der Waals surface area contributed by atoms with Gasteiger partial charge in [0.15, 0.2) is 0 Å². The van der Waals surface area contributed by atoms with Crippen molar-refractivity contribution in [3.63, 3.8) is 0 Å². The normalized spacial score (nSPS) is 14.0. The van der Waals surface area contributed by atoms with E-state index in [1.165, 1.54) is 0 Å². The first-order valence-electron chi connectivity index (χ1n) is 7.12. The molecule has 0 amide bonds. The summed E-state index contributed by atoms with van der Waals surface area (Å²) < 4.78 is 16.5. The van der Waals surface area contributed by atoms with Gasteiger partial charge < -0.3 is 14.3 Å². The van der Waals surface area contributed by atoms with Gasteiger partial charge in [-0.3, -0.25) is 4.52 Å². The highest BCUT2D eigenvalue weighted by Gasteiger charge is 2.26. The Morgan fingerprint density at radius 2 is 1.70 bits per heavy atom. The van der Waals surface area contributed by atoms with Crippen molar-refractivity contribution < 1.29 is 23.4 Å². The number of unbranched alkanes of at least 4 members (excludes halogenated alkanes) is 5. The van der Waals surface area contributed by atoms with Gasteiger partial charge in [-0.15, -0.1) is 12.3 Å². The predicted molar refractivity (Wildman–Crippen MR) is 81.0 cm³/mol. The van der Waals surface area contributed by atoms with Crippen molar-refractivity contribution >= 4 is 7.82 Å². The van der Waals surface area contributed by atoms with E-state index in [9.17, 15) is 4.57 Å². The van der Waals surface area contributed by atoms with E-state index in [1.54, 1.807) is 0 Å². The van der Waals surface area contributed by atoms with Crippen LogP contribution in [0.15, 0.2) is 0 Å². The van der Waals surface area contributed by atoms with Crippen molar-refractivity contribution in [2.75, 3.05) is 27.7 Å². The van der Waals surface area contributed by atoms with Crippen LogP contribution in [-0.2, 0) is 9.09 Å². The van der Waals surface area contributed by atoms with Crippen molar-refractivity contribution in [3.8, 4) is 12.3 Å². The van der Waals surface area contributed by atoms with Crippen molar-refractivity contribution in [2.45, 2.75) is 51.0 Å². The summed E-state index contributed by atoms with van der Waals surface area (Å²) in [7, 11) is 1.54. The van der Waals surface area contributed by atoms with Crippen LogP contribution in [0.25, 0.3) is 0 Å². The fourth-order valence-electron chi connectivity index (χ4n) is 2.11. The molecule has 0 heterocycles. The Morgan fingerprint density at radius 1 is 1.15 bits per heavy atom. The molecule has 0 aromatic heterocycles. The molecule has 20 heavy (non-hydrogen) atoms. The summed E-state index contributed by atoms with van der Waals surface area (Å²) in [5, 5.41) is 0. The Bertz CT molecular complexity index is 340. The third-order valence-electron chi connectivity index (χ3n) is 2.88. The third kappa shape index (κ3) is 14.0. The van der Waals surface area contributed by atoms with Gasteiger partial charge in [0.1, 0.15) is 12.6 Å². The Morgan fingerprint density at radius 3 is 2.20 bits per heavy atom. The molecule has 118 valence electrons. The Hall–Kier alpha value is -0.370. The summed E-state index contributed by atoms with van der Waals surface area (Å²) in [4.78, 5) is 17.9. The summed E-state index contributed by atoms with van der Waals surface area (Å²) in [6.45, 7) is 0.586. The molecule has 0 spiro atoms. The monoisotopic (exact) mass is 306 g/mol. The summed E-state index contributed by atoms with van der Waals surface area (Å²) in [5.41, 5.74) is 0. The average molecular weight is 306 g/mol. The molecule has 5 nitrogen and oxygen atoms in total. The lowest BCUT2D eigenvalue weighted by atomic mass is 10.1.